The molecule has 138 valence electrons. The van der Waals surface area contributed by atoms with Crippen molar-refractivity contribution in [3.8, 4) is 5.75 Å². The van der Waals surface area contributed by atoms with Gasteiger partial charge in [0.25, 0.3) is 0 Å². The first-order valence-electron chi connectivity index (χ1n) is 8.33. The van der Waals surface area contributed by atoms with Gasteiger partial charge in [-0.25, -0.2) is 13.1 Å². The number of rotatable bonds is 6. The number of hydrogen-bond donors (Lipinski definition) is 1. The predicted octanol–water partition coefficient (Wildman–Crippen LogP) is 3.18. The molecule has 2 rings (SSSR count). The lowest BCUT2D eigenvalue weighted by atomic mass is 10.1. The van der Waals surface area contributed by atoms with Crippen LogP contribution in [0.2, 0.25) is 0 Å². The highest BCUT2D eigenvalue weighted by Gasteiger charge is 2.25. The van der Waals surface area contributed by atoms with Crippen LogP contribution in [0.3, 0.4) is 0 Å². The molecule has 2 aromatic rings. The summed E-state index contributed by atoms with van der Waals surface area (Å²) in [6.45, 7) is 12.2. The highest BCUT2D eigenvalue weighted by atomic mass is 32.2. The number of ether oxygens (including phenoxy) is 1. The zero-order chi connectivity index (χ0) is 18.9. The minimum atomic E-state index is -3.69. The van der Waals surface area contributed by atoms with Gasteiger partial charge in [0.2, 0.25) is 10.0 Å². The van der Waals surface area contributed by atoms with Gasteiger partial charge in [0.05, 0.1) is 17.7 Å². The average Bonchev–Trinajstić information content (AvgIpc) is 2.80. The van der Waals surface area contributed by atoms with Gasteiger partial charge in [-0.3, -0.25) is 4.68 Å². The number of sulfonamides is 1. The fourth-order valence-corrected chi connectivity index (χ4v) is 4.78. The summed E-state index contributed by atoms with van der Waals surface area (Å²) in [5.74, 6) is 0.560. The van der Waals surface area contributed by atoms with Gasteiger partial charge < -0.3 is 4.74 Å². The smallest absolute Gasteiger partial charge is 0.241 e. The van der Waals surface area contributed by atoms with Crippen LogP contribution in [-0.2, 0) is 16.6 Å². The highest BCUT2D eigenvalue weighted by molar-refractivity contribution is 7.89. The molecule has 0 radical (unpaired) electrons. The summed E-state index contributed by atoms with van der Waals surface area (Å²) >= 11 is 0. The fraction of sp³-hybridized carbons (Fsp3) is 0.500. The highest BCUT2D eigenvalue weighted by Crippen LogP contribution is 2.28. The maximum absolute atomic E-state index is 12.9. The second-order valence-electron chi connectivity index (χ2n) is 6.33. The molecular weight excluding hydrogens is 338 g/mol. The van der Waals surface area contributed by atoms with E-state index in [4.69, 9.17) is 4.74 Å². The standard InChI is InChI=1S/C18H27N3O3S/c1-8-21-15(6)18(13(4)19-21)14(5)20-25(22,23)17-10-16(24-7)11(2)9-12(17)3/h9-10,14,20H,8H2,1-7H3/t14-/m1/s1. The molecule has 25 heavy (non-hydrogen) atoms. The average molecular weight is 365 g/mol. The Hall–Kier alpha value is -1.86. The summed E-state index contributed by atoms with van der Waals surface area (Å²) < 4.78 is 35.8. The van der Waals surface area contributed by atoms with Crippen LogP contribution in [0.1, 0.15) is 48.0 Å². The lowest BCUT2D eigenvalue weighted by Crippen LogP contribution is -2.28. The first-order valence-corrected chi connectivity index (χ1v) is 9.82. The van der Waals surface area contributed by atoms with Gasteiger partial charge >= 0.3 is 0 Å². The lowest BCUT2D eigenvalue weighted by molar-refractivity contribution is 0.410. The Bertz CT molecular complexity index is 885. The van der Waals surface area contributed by atoms with Gasteiger partial charge in [0, 0.05) is 29.9 Å². The molecule has 0 amide bonds. The summed E-state index contributed by atoms with van der Waals surface area (Å²) in [6, 6.07) is 3.02. The molecule has 0 unspecified atom stereocenters. The number of aromatic nitrogens is 2. The maximum Gasteiger partial charge on any atom is 0.241 e. The molecule has 1 heterocycles. The van der Waals surface area contributed by atoms with E-state index in [0.29, 0.717) is 11.3 Å². The SMILES string of the molecule is CCn1nc(C)c([C@@H](C)NS(=O)(=O)c2cc(OC)c(C)cc2C)c1C. The zero-order valence-corrected chi connectivity index (χ0v) is 16.8. The van der Waals surface area contributed by atoms with Crippen molar-refractivity contribution < 1.29 is 13.2 Å². The van der Waals surface area contributed by atoms with Gasteiger partial charge in [0.15, 0.2) is 0 Å². The molecule has 6 nitrogen and oxygen atoms in total. The number of hydrogen-bond acceptors (Lipinski definition) is 4. The molecule has 1 aromatic carbocycles. The van der Waals surface area contributed by atoms with Crippen molar-refractivity contribution >= 4 is 10.0 Å². The Morgan fingerprint density at radius 2 is 1.84 bits per heavy atom. The Labute approximate surface area is 150 Å². The monoisotopic (exact) mass is 365 g/mol. The topological polar surface area (TPSA) is 73.2 Å². The third-order valence-corrected chi connectivity index (χ3v) is 6.17. The normalized spacial score (nSPS) is 13.1. The van der Waals surface area contributed by atoms with Crippen molar-refractivity contribution in [3.05, 3.63) is 40.2 Å². The van der Waals surface area contributed by atoms with Crippen LogP contribution in [0.4, 0.5) is 0 Å². The second-order valence-corrected chi connectivity index (χ2v) is 8.01. The molecule has 0 aliphatic carbocycles. The molecule has 0 saturated heterocycles. The lowest BCUT2D eigenvalue weighted by Gasteiger charge is -2.17. The summed E-state index contributed by atoms with van der Waals surface area (Å²) in [5.41, 5.74) is 4.34. The second kappa shape index (κ2) is 7.17. The fourth-order valence-electron chi connectivity index (χ4n) is 3.32. The van der Waals surface area contributed by atoms with E-state index in [0.717, 1.165) is 29.1 Å². The minimum Gasteiger partial charge on any atom is -0.496 e. The van der Waals surface area contributed by atoms with Crippen molar-refractivity contribution in [1.29, 1.82) is 0 Å². The van der Waals surface area contributed by atoms with Crippen LogP contribution in [0.5, 0.6) is 5.75 Å². The number of methoxy groups -OCH3 is 1. The summed E-state index contributed by atoms with van der Waals surface area (Å²) in [6.07, 6.45) is 0. The predicted molar refractivity (Wildman–Crippen MR) is 98.6 cm³/mol. The van der Waals surface area contributed by atoms with E-state index in [9.17, 15) is 8.42 Å². The van der Waals surface area contributed by atoms with E-state index in [-0.39, 0.29) is 10.9 Å². The van der Waals surface area contributed by atoms with E-state index >= 15 is 0 Å². The minimum absolute atomic E-state index is 0.236. The molecule has 0 spiro atoms. The summed E-state index contributed by atoms with van der Waals surface area (Å²) in [7, 11) is -2.15. The number of nitrogens with zero attached hydrogens (tertiary/aromatic N) is 2. The van der Waals surface area contributed by atoms with Crippen LogP contribution in [-0.4, -0.2) is 25.3 Å². The first-order chi connectivity index (χ1) is 11.6. The third-order valence-electron chi connectivity index (χ3n) is 4.48. The van der Waals surface area contributed by atoms with Gasteiger partial charge in [-0.2, -0.15) is 5.10 Å². The molecule has 0 fully saturated rings. The Kier molecular flexibility index (Phi) is 5.58. The largest absolute Gasteiger partial charge is 0.496 e. The van der Waals surface area contributed by atoms with Crippen LogP contribution >= 0.6 is 0 Å². The molecule has 1 aromatic heterocycles. The van der Waals surface area contributed by atoms with E-state index < -0.39 is 10.0 Å². The Balaban J connectivity index is 2.41. The molecule has 0 aliphatic rings. The molecule has 0 bridgehead atoms. The van der Waals surface area contributed by atoms with E-state index in [1.54, 1.807) is 13.0 Å². The number of nitrogens with one attached hydrogen (secondary N) is 1. The van der Waals surface area contributed by atoms with Gasteiger partial charge in [-0.05, 0) is 52.7 Å². The van der Waals surface area contributed by atoms with Gasteiger partial charge in [-0.1, -0.05) is 6.07 Å². The van der Waals surface area contributed by atoms with E-state index in [1.165, 1.54) is 7.11 Å². The molecular formula is C18H27N3O3S. The Morgan fingerprint density at radius 3 is 2.36 bits per heavy atom. The van der Waals surface area contributed by atoms with Crippen LogP contribution in [0, 0.1) is 27.7 Å². The van der Waals surface area contributed by atoms with Crippen molar-refractivity contribution in [1.82, 2.24) is 14.5 Å². The molecule has 7 heteroatoms. The van der Waals surface area contributed by atoms with Gasteiger partial charge in [0.1, 0.15) is 5.75 Å². The number of benzene rings is 1. The Morgan fingerprint density at radius 1 is 1.20 bits per heavy atom. The zero-order valence-electron chi connectivity index (χ0n) is 16.0. The molecule has 0 saturated carbocycles. The van der Waals surface area contributed by atoms with Crippen molar-refractivity contribution in [2.75, 3.05) is 7.11 Å². The quantitative estimate of drug-likeness (QED) is 0.853. The first kappa shape index (κ1) is 19.5. The summed E-state index contributed by atoms with van der Waals surface area (Å²) in [5, 5.41) is 4.47. The van der Waals surface area contributed by atoms with Gasteiger partial charge in [-0.15, -0.1) is 0 Å². The third kappa shape index (κ3) is 3.72. The van der Waals surface area contributed by atoms with E-state index in [1.807, 2.05) is 45.4 Å². The summed E-state index contributed by atoms with van der Waals surface area (Å²) in [4.78, 5) is 0.236. The van der Waals surface area contributed by atoms with E-state index in [2.05, 4.69) is 9.82 Å². The van der Waals surface area contributed by atoms with Crippen LogP contribution in [0.25, 0.3) is 0 Å². The van der Waals surface area contributed by atoms with Crippen molar-refractivity contribution in [2.45, 2.75) is 59.0 Å². The molecule has 0 aliphatic heterocycles. The maximum atomic E-state index is 12.9. The molecule has 1 atom stereocenters. The van der Waals surface area contributed by atoms with Crippen molar-refractivity contribution in [3.63, 3.8) is 0 Å². The van der Waals surface area contributed by atoms with Crippen LogP contribution < -0.4 is 9.46 Å². The van der Waals surface area contributed by atoms with Crippen molar-refractivity contribution in [2.24, 2.45) is 0 Å². The number of aryl methyl sites for hydroxylation is 4. The molecule has 1 N–H and O–H groups in total. The van der Waals surface area contributed by atoms with Crippen LogP contribution in [0.15, 0.2) is 17.0 Å².